The SMILES string of the molecule is O=C1C(c2ccco2)=Cc2ccc(O)cc21. The van der Waals surface area contributed by atoms with Crippen molar-refractivity contribution in [3.63, 3.8) is 0 Å². The van der Waals surface area contributed by atoms with Crippen LogP contribution in [-0.2, 0) is 0 Å². The topological polar surface area (TPSA) is 50.4 Å². The maximum absolute atomic E-state index is 12.0. The molecule has 3 rings (SSSR count). The molecule has 1 N–H and O–H groups in total. The van der Waals surface area contributed by atoms with Gasteiger partial charge in [-0.05, 0) is 35.9 Å². The number of hydrogen-bond donors (Lipinski definition) is 1. The zero-order valence-corrected chi connectivity index (χ0v) is 8.31. The highest BCUT2D eigenvalue weighted by Crippen LogP contribution is 2.33. The van der Waals surface area contributed by atoms with Crippen molar-refractivity contribution < 1.29 is 14.3 Å². The molecule has 0 fully saturated rings. The fraction of sp³-hybridized carbons (Fsp3) is 0. The number of phenolic OH excluding ortho intramolecular Hbond substituents is 1. The van der Waals surface area contributed by atoms with Crippen LogP contribution in [0.3, 0.4) is 0 Å². The Kier molecular flexibility index (Phi) is 1.74. The van der Waals surface area contributed by atoms with Crippen LogP contribution in [-0.4, -0.2) is 10.9 Å². The molecule has 2 aromatic rings. The van der Waals surface area contributed by atoms with Crippen LogP contribution in [0.5, 0.6) is 5.75 Å². The van der Waals surface area contributed by atoms with Gasteiger partial charge in [-0.15, -0.1) is 0 Å². The number of carbonyl (C=O) groups excluding carboxylic acids is 1. The lowest BCUT2D eigenvalue weighted by atomic mass is 10.1. The lowest BCUT2D eigenvalue weighted by Gasteiger charge is -1.98. The quantitative estimate of drug-likeness (QED) is 0.790. The van der Waals surface area contributed by atoms with Gasteiger partial charge in [-0.1, -0.05) is 6.07 Å². The summed E-state index contributed by atoms with van der Waals surface area (Å²) in [5, 5.41) is 9.33. The number of phenols is 1. The second-order valence-corrected chi connectivity index (χ2v) is 3.64. The van der Waals surface area contributed by atoms with Crippen molar-refractivity contribution >= 4 is 17.4 Å². The molecule has 0 unspecified atom stereocenters. The standard InChI is InChI=1S/C13H8O3/c14-9-4-3-8-6-11(12-2-1-5-16-12)13(15)10(8)7-9/h1-7,14H. The van der Waals surface area contributed by atoms with E-state index in [2.05, 4.69) is 0 Å². The third kappa shape index (κ3) is 1.18. The van der Waals surface area contributed by atoms with E-state index in [1.165, 1.54) is 12.3 Å². The Bertz CT molecular complexity index is 592. The Balaban J connectivity index is 2.13. The van der Waals surface area contributed by atoms with Gasteiger partial charge in [0.1, 0.15) is 11.5 Å². The molecule has 0 radical (unpaired) electrons. The van der Waals surface area contributed by atoms with Crippen LogP contribution in [0.25, 0.3) is 11.6 Å². The van der Waals surface area contributed by atoms with Crippen LogP contribution in [0.4, 0.5) is 0 Å². The monoisotopic (exact) mass is 212 g/mol. The Hall–Kier alpha value is -2.29. The van der Waals surface area contributed by atoms with Crippen molar-refractivity contribution in [2.45, 2.75) is 0 Å². The van der Waals surface area contributed by atoms with E-state index >= 15 is 0 Å². The maximum atomic E-state index is 12.0. The predicted molar refractivity (Wildman–Crippen MR) is 59.0 cm³/mol. The second-order valence-electron chi connectivity index (χ2n) is 3.64. The molecule has 1 aliphatic carbocycles. The lowest BCUT2D eigenvalue weighted by Crippen LogP contribution is -1.96. The van der Waals surface area contributed by atoms with Gasteiger partial charge in [0, 0.05) is 5.56 Å². The number of aromatic hydroxyl groups is 1. The fourth-order valence-electron chi connectivity index (χ4n) is 1.85. The molecule has 0 amide bonds. The summed E-state index contributed by atoms with van der Waals surface area (Å²) in [6, 6.07) is 8.25. The van der Waals surface area contributed by atoms with Gasteiger partial charge in [-0.25, -0.2) is 0 Å². The molecule has 0 bridgehead atoms. The van der Waals surface area contributed by atoms with Gasteiger partial charge in [0.25, 0.3) is 0 Å². The molecule has 78 valence electrons. The molecular formula is C13H8O3. The summed E-state index contributed by atoms with van der Waals surface area (Å²) in [5.41, 5.74) is 1.87. The number of carbonyl (C=O) groups is 1. The molecule has 0 saturated heterocycles. The molecule has 3 heteroatoms. The second kappa shape index (κ2) is 3.10. The molecule has 1 aliphatic rings. The van der Waals surface area contributed by atoms with Gasteiger partial charge in [0.15, 0.2) is 5.78 Å². The molecule has 1 aromatic carbocycles. The average Bonchev–Trinajstić information content (AvgIpc) is 2.87. The highest BCUT2D eigenvalue weighted by atomic mass is 16.3. The van der Waals surface area contributed by atoms with E-state index in [4.69, 9.17) is 4.42 Å². The summed E-state index contributed by atoms with van der Waals surface area (Å²) in [6.45, 7) is 0. The van der Waals surface area contributed by atoms with Crippen LogP contribution in [0.15, 0.2) is 41.0 Å². The third-order valence-corrected chi connectivity index (χ3v) is 2.61. The molecule has 1 heterocycles. The smallest absolute Gasteiger partial charge is 0.197 e. The number of fused-ring (bicyclic) bond motifs is 1. The number of hydrogen-bond acceptors (Lipinski definition) is 3. The maximum Gasteiger partial charge on any atom is 0.197 e. The van der Waals surface area contributed by atoms with Crippen molar-refractivity contribution in [1.82, 2.24) is 0 Å². The van der Waals surface area contributed by atoms with Gasteiger partial charge in [-0.3, -0.25) is 4.79 Å². The Morgan fingerprint density at radius 2 is 2.06 bits per heavy atom. The van der Waals surface area contributed by atoms with E-state index in [0.717, 1.165) is 5.56 Å². The third-order valence-electron chi connectivity index (χ3n) is 2.61. The highest BCUT2D eigenvalue weighted by Gasteiger charge is 2.25. The summed E-state index contributed by atoms with van der Waals surface area (Å²) in [4.78, 5) is 12.0. The van der Waals surface area contributed by atoms with Crippen LogP contribution in [0.1, 0.15) is 21.7 Å². The zero-order valence-electron chi connectivity index (χ0n) is 8.31. The summed E-state index contributed by atoms with van der Waals surface area (Å²) in [5.74, 6) is 0.544. The molecule has 0 atom stereocenters. The number of ketones is 1. The number of rotatable bonds is 1. The van der Waals surface area contributed by atoms with Crippen molar-refractivity contribution in [3.8, 4) is 5.75 Å². The van der Waals surface area contributed by atoms with E-state index in [1.807, 2.05) is 0 Å². The molecular weight excluding hydrogens is 204 g/mol. The molecule has 0 spiro atoms. The minimum Gasteiger partial charge on any atom is -0.508 e. The van der Waals surface area contributed by atoms with Crippen LogP contribution in [0.2, 0.25) is 0 Å². The van der Waals surface area contributed by atoms with E-state index in [9.17, 15) is 9.90 Å². The van der Waals surface area contributed by atoms with Crippen molar-refractivity contribution in [1.29, 1.82) is 0 Å². The van der Waals surface area contributed by atoms with E-state index in [-0.39, 0.29) is 11.5 Å². The van der Waals surface area contributed by atoms with Gasteiger partial charge in [-0.2, -0.15) is 0 Å². The summed E-state index contributed by atoms with van der Waals surface area (Å²) >= 11 is 0. The molecule has 0 saturated carbocycles. The number of Topliss-reactive ketones (excluding diaryl/α,β-unsaturated/α-hetero) is 1. The highest BCUT2D eigenvalue weighted by molar-refractivity contribution is 6.36. The predicted octanol–water partition coefficient (Wildman–Crippen LogP) is 2.72. The van der Waals surface area contributed by atoms with Gasteiger partial charge < -0.3 is 9.52 Å². The summed E-state index contributed by atoms with van der Waals surface area (Å²) < 4.78 is 5.20. The minimum atomic E-state index is -0.110. The zero-order chi connectivity index (χ0) is 11.1. The van der Waals surface area contributed by atoms with E-state index < -0.39 is 0 Å². The fourth-order valence-corrected chi connectivity index (χ4v) is 1.85. The Morgan fingerprint density at radius 1 is 1.19 bits per heavy atom. The number of allylic oxidation sites excluding steroid dienone is 1. The molecule has 1 aromatic heterocycles. The van der Waals surface area contributed by atoms with Crippen LogP contribution < -0.4 is 0 Å². The largest absolute Gasteiger partial charge is 0.508 e. The van der Waals surface area contributed by atoms with Crippen molar-refractivity contribution in [2.24, 2.45) is 0 Å². The van der Waals surface area contributed by atoms with E-state index in [0.29, 0.717) is 16.9 Å². The molecule has 3 nitrogen and oxygen atoms in total. The van der Waals surface area contributed by atoms with Crippen LogP contribution >= 0.6 is 0 Å². The van der Waals surface area contributed by atoms with Gasteiger partial charge >= 0.3 is 0 Å². The molecule has 16 heavy (non-hydrogen) atoms. The van der Waals surface area contributed by atoms with Crippen molar-refractivity contribution in [2.75, 3.05) is 0 Å². The Morgan fingerprint density at radius 3 is 2.81 bits per heavy atom. The summed E-state index contributed by atoms with van der Waals surface area (Å²) in [6.07, 6.45) is 3.31. The summed E-state index contributed by atoms with van der Waals surface area (Å²) in [7, 11) is 0. The van der Waals surface area contributed by atoms with Gasteiger partial charge in [0.05, 0.1) is 11.8 Å². The first-order chi connectivity index (χ1) is 7.75. The number of benzene rings is 1. The lowest BCUT2D eigenvalue weighted by molar-refractivity contribution is 0.105. The first-order valence-electron chi connectivity index (χ1n) is 4.89. The van der Waals surface area contributed by atoms with Crippen LogP contribution in [0, 0.1) is 0 Å². The first kappa shape index (κ1) is 8.97. The van der Waals surface area contributed by atoms with Gasteiger partial charge in [0.2, 0.25) is 0 Å². The van der Waals surface area contributed by atoms with E-state index in [1.54, 1.807) is 30.3 Å². The Labute approximate surface area is 91.6 Å². The normalized spacial score (nSPS) is 13.8. The minimum absolute atomic E-state index is 0.0983. The van der Waals surface area contributed by atoms with Crippen molar-refractivity contribution in [3.05, 3.63) is 53.5 Å². The first-order valence-corrected chi connectivity index (χ1v) is 4.89. The molecule has 0 aliphatic heterocycles. The average molecular weight is 212 g/mol. The number of furan rings is 1.